The summed E-state index contributed by atoms with van der Waals surface area (Å²) >= 11 is 0. The summed E-state index contributed by atoms with van der Waals surface area (Å²) in [5.74, 6) is -2.42. The molecule has 110 heavy (non-hydrogen) atoms. The van der Waals surface area contributed by atoms with Gasteiger partial charge in [0.05, 0.1) is 26.4 Å². The molecule has 0 saturated carbocycles. The lowest BCUT2D eigenvalue weighted by Crippen LogP contribution is -2.30. The topological polar surface area (TPSA) is 237 Å². The maximum Gasteiger partial charge on any atom is 0.472 e. The summed E-state index contributed by atoms with van der Waals surface area (Å²) < 4.78 is 68.5. The van der Waals surface area contributed by atoms with E-state index < -0.39 is 97.5 Å². The van der Waals surface area contributed by atoms with Crippen LogP contribution in [-0.2, 0) is 65.4 Å². The van der Waals surface area contributed by atoms with Crippen LogP contribution in [0.2, 0.25) is 0 Å². The van der Waals surface area contributed by atoms with Gasteiger partial charge in [0.25, 0.3) is 0 Å². The van der Waals surface area contributed by atoms with Gasteiger partial charge in [-0.15, -0.1) is 0 Å². The van der Waals surface area contributed by atoms with Crippen LogP contribution in [0.4, 0.5) is 0 Å². The Morgan fingerprint density at radius 1 is 0.264 bits per heavy atom. The van der Waals surface area contributed by atoms with E-state index in [4.69, 9.17) is 37.0 Å². The molecule has 0 radical (unpaired) electrons. The third-order valence-corrected chi connectivity index (χ3v) is 18.2. The van der Waals surface area contributed by atoms with E-state index in [0.717, 1.165) is 173 Å². The van der Waals surface area contributed by atoms with E-state index in [1.165, 1.54) is 19.3 Å². The van der Waals surface area contributed by atoms with Crippen LogP contribution in [0, 0.1) is 0 Å². The molecule has 0 aliphatic heterocycles. The SMILES string of the molecule is CC/C=C\C/C=C\C/C=C\C/C=C\C/C=C\C/C=C\CCC(=O)OCC(COP(=O)(O)OCC(O)COP(=O)(O)OCC(COC(=O)CCCCCCCCC/C=C\C/C=C\C/C=C\CC)OC(=O)CCCCCCC/C=C\C/C=C\CCCCC)OC(=O)CC/C=C\C/C=C\C/C=C\C/C=C\C/C=C\C/C=C\CC. The fourth-order valence-corrected chi connectivity index (χ4v) is 11.7. The summed E-state index contributed by atoms with van der Waals surface area (Å²) in [6, 6.07) is 0. The molecule has 0 aromatic rings. The van der Waals surface area contributed by atoms with E-state index in [0.29, 0.717) is 38.5 Å². The molecule has 0 spiro atoms. The quantitative estimate of drug-likeness (QED) is 0.0169. The molecular formula is C91H144O17P2. The largest absolute Gasteiger partial charge is 0.472 e. The Kier molecular flexibility index (Phi) is 76.0. The van der Waals surface area contributed by atoms with Crippen LogP contribution in [-0.4, -0.2) is 96.7 Å². The fraction of sp³-hybridized carbons (Fsp3) is 0.582. The zero-order valence-electron chi connectivity index (χ0n) is 67.8. The van der Waals surface area contributed by atoms with Crippen LogP contribution in [0.15, 0.2) is 207 Å². The van der Waals surface area contributed by atoms with E-state index >= 15 is 0 Å². The number of hydrogen-bond acceptors (Lipinski definition) is 15. The maximum absolute atomic E-state index is 13.1. The molecule has 0 heterocycles. The minimum absolute atomic E-state index is 0.0112. The summed E-state index contributed by atoms with van der Waals surface area (Å²) in [5, 5.41) is 10.7. The molecule has 0 fully saturated rings. The summed E-state index contributed by atoms with van der Waals surface area (Å²) in [4.78, 5) is 73.1. The third kappa shape index (κ3) is 79.7. The van der Waals surface area contributed by atoms with Crippen molar-refractivity contribution in [2.45, 2.75) is 303 Å². The zero-order chi connectivity index (χ0) is 80.3. The minimum Gasteiger partial charge on any atom is -0.462 e. The van der Waals surface area contributed by atoms with Crippen molar-refractivity contribution in [2.24, 2.45) is 0 Å². The second-order valence-corrected chi connectivity index (χ2v) is 29.5. The van der Waals surface area contributed by atoms with Gasteiger partial charge in [-0.2, -0.15) is 0 Å². The first-order valence-corrected chi connectivity index (χ1v) is 44.3. The average Bonchev–Trinajstić information content (AvgIpc) is 0.900. The van der Waals surface area contributed by atoms with Gasteiger partial charge in [0.15, 0.2) is 12.2 Å². The number of allylic oxidation sites excluding steroid dienone is 34. The van der Waals surface area contributed by atoms with Crippen LogP contribution >= 0.6 is 15.6 Å². The monoisotopic (exact) mass is 1570 g/mol. The van der Waals surface area contributed by atoms with E-state index in [1.807, 2.05) is 36.5 Å². The molecule has 0 bridgehead atoms. The molecule has 0 aliphatic carbocycles. The molecule has 0 saturated heterocycles. The summed E-state index contributed by atoms with van der Waals surface area (Å²) in [6.45, 7) is 4.29. The van der Waals surface area contributed by atoms with Gasteiger partial charge >= 0.3 is 39.5 Å². The number of phosphoric acid groups is 2. The van der Waals surface area contributed by atoms with Gasteiger partial charge in [-0.25, -0.2) is 9.13 Å². The second-order valence-electron chi connectivity index (χ2n) is 26.6. The second kappa shape index (κ2) is 80.7. The molecule has 620 valence electrons. The van der Waals surface area contributed by atoms with Crippen molar-refractivity contribution in [3.05, 3.63) is 207 Å². The standard InChI is InChI=1S/C91H144O17P2/c1-5-9-13-17-21-25-29-33-37-40-42-45-49-52-56-60-64-68-72-76-89(94)102-82-87(108-91(96)78-74-70-66-62-58-54-50-46-43-41-38-34-30-26-22-18-14-10-6-2)84-106-110(99,100)104-80-85(92)79-103-109(97,98)105-83-86(107-90(95)77-73-69-65-61-57-53-47-36-32-28-24-20-16-12-8-4)81-101-88(93)75-71-67-63-59-55-51-48-44-39-35-31-27-23-19-15-11-7-3/h9-11,13-15,21-28,33-39,42-43,45-47,52,54,56,58,64,66,68,70,85-87,92H,5-8,12,16-20,29-32,40-41,44,48-51,53,55,57,59-63,65,67,69,71-84H2,1-4H3,(H,97,98)(H,99,100)/b13-9-,14-10-,15-11-,25-21-,26-22-,27-23-,28-24-,37-33-,38-34-,39-35-,45-42-,46-43-,47-36-,56-52-,58-54-,68-64-,70-66-. The fourth-order valence-electron chi connectivity index (χ4n) is 10.1. The maximum atomic E-state index is 13.1. The lowest BCUT2D eigenvalue weighted by Gasteiger charge is -2.21. The van der Waals surface area contributed by atoms with E-state index in [9.17, 15) is 43.2 Å². The van der Waals surface area contributed by atoms with E-state index in [-0.39, 0.29) is 25.7 Å². The van der Waals surface area contributed by atoms with Crippen molar-refractivity contribution in [2.75, 3.05) is 39.6 Å². The van der Waals surface area contributed by atoms with Crippen molar-refractivity contribution in [1.29, 1.82) is 0 Å². The highest BCUT2D eigenvalue weighted by atomic mass is 31.2. The number of ether oxygens (including phenoxy) is 4. The number of aliphatic hydroxyl groups is 1. The van der Waals surface area contributed by atoms with Crippen molar-refractivity contribution in [1.82, 2.24) is 0 Å². The molecule has 0 amide bonds. The average molecular weight is 1570 g/mol. The van der Waals surface area contributed by atoms with Gasteiger partial charge in [-0.05, 0) is 167 Å². The summed E-state index contributed by atoms with van der Waals surface area (Å²) in [5.41, 5.74) is 0. The van der Waals surface area contributed by atoms with Crippen molar-refractivity contribution < 1.29 is 80.2 Å². The highest BCUT2D eigenvalue weighted by Gasteiger charge is 2.30. The van der Waals surface area contributed by atoms with Crippen LogP contribution in [0.5, 0.6) is 0 Å². The first kappa shape index (κ1) is 104. The van der Waals surface area contributed by atoms with Gasteiger partial charge in [-0.1, -0.05) is 298 Å². The summed E-state index contributed by atoms with van der Waals surface area (Å²) in [7, 11) is -10.0. The molecule has 19 heteroatoms. The molecule has 3 N–H and O–H groups in total. The first-order valence-electron chi connectivity index (χ1n) is 41.3. The van der Waals surface area contributed by atoms with Crippen LogP contribution < -0.4 is 0 Å². The number of phosphoric ester groups is 2. The number of aliphatic hydroxyl groups excluding tert-OH is 1. The predicted octanol–water partition coefficient (Wildman–Crippen LogP) is 24.7. The van der Waals surface area contributed by atoms with Gasteiger partial charge in [0, 0.05) is 25.7 Å². The smallest absolute Gasteiger partial charge is 0.462 e. The summed E-state index contributed by atoms with van der Waals surface area (Å²) in [6.07, 6.45) is 101. The Bertz CT molecular complexity index is 2900. The molecule has 0 aromatic heterocycles. The number of esters is 4. The van der Waals surface area contributed by atoms with Gasteiger partial charge < -0.3 is 33.8 Å². The normalized spacial score (nSPS) is 14.9. The Hall–Kier alpha value is -6.36. The number of hydrogen-bond donors (Lipinski definition) is 3. The lowest BCUT2D eigenvalue weighted by molar-refractivity contribution is -0.161. The Labute approximate surface area is 665 Å². The Morgan fingerprint density at radius 3 is 0.800 bits per heavy atom. The van der Waals surface area contributed by atoms with Crippen molar-refractivity contribution in [3.8, 4) is 0 Å². The van der Waals surface area contributed by atoms with Crippen molar-refractivity contribution in [3.63, 3.8) is 0 Å². The minimum atomic E-state index is -5.03. The zero-order valence-corrected chi connectivity index (χ0v) is 69.6. The molecule has 5 unspecified atom stereocenters. The van der Waals surface area contributed by atoms with E-state index in [2.05, 4.69) is 198 Å². The van der Waals surface area contributed by atoms with Gasteiger partial charge in [0.2, 0.25) is 0 Å². The number of carbonyl (C=O) groups is 4. The van der Waals surface area contributed by atoms with Crippen LogP contribution in [0.25, 0.3) is 0 Å². The third-order valence-electron chi connectivity index (χ3n) is 16.3. The highest BCUT2D eigenvalue weighted by molar-refractivity contribution is 7.47. The molecular weight excluding hydrogens is 1430 g/mol. The van der Waals surface area contributed by atoms with E-state index in [1.54, 1.807) is 0 Å². The van der Waals surface area contributed by atoms with Gasteiger partial charge in [0.1, 0.15) is 19.3 Å². The lowest BCUT2D eigenvalue weighted by atomic mass is 10.1. The van der Waals surface area contributed by atoms with Crippen molar-refractivity contribution >= 4 is 39.5 Å². The number of rotatable bonds is 75. The van der Waals surface area contributed by atoms with Crippen LogP contribution in [0.1, 0.15) is 285 Å². The highest BCUT2D eigenvalue weighted by Crippen LogP contribution is 2.45. The van der Waals surface area contributed by atoms with Gasteiger partial charge in [-0.3, -0.25) is 37.3 Å². The molecule has 5 atom stereocenters. The predicted molar refractivity (Wildman–Crippen MR) is 454 cm³/mol. The number of unbranched alkanes of at least 4 members (excludes halogenated alkanes) is 15. The molecule has 17 nitrogen and oxygen atoms in total. The number of carbonyl (C=O) groups excluding carboxylic acids is 4. The first-order chi connectivity index (χ1) is 53.7. The molecule has 0 rings (SSSR count). The Balaban J connectivity index is 5.56. The Morgan fingerprint density at radius 2 is 0.491 bits per heavy atom. The van der Waals surface area contributed by atoms with Crippen LogP contribution in [0.3, 0.4) is 0 Å². The molecule has 0 aliphatic rings. The molecule has 0 aromatic carbocycles.